The number of likely N-dealkylation sites (tertiary alicyclic amines) is 1. The molecule has 0 aliphatic carbocycles. The van der Waals surface area contributed by atoms with E-state index in [0.29, 0.717) is 48.7 Å². The largest absolute Gasteiger partial charge is 0.494 e. The summed E-state index contributed by atoms with van der Waals surface area (Å²) >= 11 is 6.08. The smallest absolute Gasteiger partial charge is 0.255 e. The van der Waals surface area contributed by atoms with Crippen molar-refractivity contribution in [1.82, 2.24) is 10.2 Å². The summed E-state index contributed by atoms with van der Waals surface area (Å²) in [5, 5.41) is 7.10. The Morgan fingerprint density at radius 3 is 2.54 bits per heavy atom. The van der Waals surface area contributed by atoms with Crippen molar-refractivity contribution in [3.8, 4) is 5.75 Å². The van der Waals surface area contributed by atoms with Crippen LogP contribution in [0.2, 0.25) is 5.02 Å². The van der Waals surface area contributed by atoms with Crippen molar-refractivity contribution in [2.24, 2.45) is 0 Å². The second-order valence-corrected chi connectivity index (χ2v) is 7.54. The molecule has 2 aliphatic rings. The molecule has 1 spiro atoms. The topological polar surface area (TPSA) is 70.7 Å². The highest BCUT2D eigenvalue weighted by Gasteiger charge is 2.41. The van der Waals surface area contributed by atoms with Crippen molar-refractivity contribution < 1.29 is 14.3 Å². The molecule has 0 unspecified atom stereocenters. The highest BCUT2D eigenvalue weighted by atomic mass is 35.5. The summed E-state index contributed by atoms with van der Waals surface area (Å²) < 4.78 is 5.43. The van der Waals surface area contributed by atoms with Gasteiger partial charge in [-0.3, -0.25) is 9.59 Å². The van der Waals surface area contributed by atoms with Gasteiger partial charge in [0.25, 0.3) is 11.8 Å². The maximum Gasteiger partial charge on any atom is 0.255 e. The summed E-state index contributed by atoms with van der Waals surface area (Å²) in [6, 6.07) is 12.4. The number of piperidine rings is 1. The van der Waals surface area contributed by atoms with Crippen LogP contribution in [0.3, 0.4) is 0 Å². The molecule has 0 radical (unpaired) electrons. The molecular weight excluding hydrogens is 378 g/mol. The minimum atomic E-state index is -0.551. The van der Waals surface area contributed by atoms with Gasteiger partial charge in [0.15, 0.2) is 0 Å². The third kappa shape index (κ3) is 3.52. The molecule has 2 N–H and O–H groups in total. The number of amides is 2. The van der Waals surface area contributed by atoms with Crippen molar-refractivity contribution in [3.05, 3.63) is 58.6 Å². The average Bonchev–Trinajstić information content (AvgIpc) is 2.68. The second kappa shape index (κ2) is 7.36. The van der Waals surface area contributed by atoms with Crippen LogP contribution in [0.1, 0.15) is 40.5 Å². The van der Waals surface area contributed by atoms with Crippen LogP contribution < -0.4 is 15.4 Å². The van der Waals surface area contributed by atoms with Gasteiger partial charge in [-0.15, -0.1) is 0 Å². The molecule has 146 valence electrons. The Balaban J connectivity index is 1.44. The van der Waals surface area contributed by atoms with E-state index in [4.69, 9.17) is 16.3 Å². The molecule has 1 fully saturated rings. The summed E-state index contributed by atoms with van der Waals surface area (Å²) in [5.74, 6) is 0.628. The van der Waals surface area contributed by atoms with Crippen molar-refractivity contribution >= 4 is 29.1 Å². The summed E-state index contributed by atoms with van der Waals surface area (Å²) in [4.78, 5) is 27.1. The predicted molar refractivity (Wildman–Crippen MR) is 108 cm³/mol. The van der Waals surface area contributed by atoms with Crippen LogP contribution in [0.25, 0.3) is 0 Å². The minimum absolute atomic E-state index is 0.0107. The van der Waals surface area contributed by atoms with Gasteiger partial charge in [0, 0.05) is 36.5 Å². The van der Waals surface area contributed by atoms with Crippen LogP contribution in [0.15, 0.2) is 42.5 Å². The molecule has 0 saturated carbocycles. The van der Waals surface area contributed by atoms with Crippen molar-refractivity contribution in [2.45, 2.75) is 25.4 Å². The Labute approximate surface area is 168 Å². The highest BCUT2D eigenvalue weighted by molar-refractivity contribution is 6.31. The number of nitrogens with one attached hydrogen (secondary N) is 2. The fourth-order valence-electron chi connectivity index (χ4n) is 3.78. The summed E-state index contributed by atoms with van der Waals surface area (Å²) in [6.07, 6.45) is 1.24. The van der Waals surface area contributed by atoms with Crippen LogP contribution in [0.5, 0.6) is 5.75 Å². The number of anilines is 1. The molecule has 4 rings (SSSR count). The van der Waals surface area contributed by atoms with Crippen molar-refractivity contribution in [3.63, 3.8) is 0 Å². The fourth-order valence-corrected chi connectivity index (χ4v) is 3.95. The van der Waals surface area contributed by atoms with Crippen LogP contribution in [-0.2, 0) is 0 Å². The van der Waals surface area contributed by atoms with E-state index in [1.807, 2.05) is 24.0 Å². The van der Waals surface area contributed by atoms with E-state index < -0.39 is 5.66 Å². The van der Waals surface area contributed by atoms with Gasteiger partial charge in [0.05, 0.1) is 17.9 Å². The highest BCUT2D eigenvalue weighted by Crippen LogP contribution is 2.33. The second-order valence-electron chi connectivity index (χ2n) is 7.10. The Kier molecular flexibility index (Phi) is 4.89. The molecule has 0 bridgehead atoms. The lowest BCUT2D eigenvalue weighted by atomic mass is 9.92. The standard InChI is InChI=1S/C21H22ClN3O3/c1-2-28-16-6-3-14(4-7-16)20(27)25-11-9-21(10-12-25)23-18-13-15(22)5-8-17(18)19(26)24-21/h3-8,13,23H,2,9-12H2,1H3,(H,24,26). The van der Waals surface area contributed by atoms with Crippen LogP contribution in [0.4, 0.5) is 5.69 Å². The van der Waals surface area contributed by atoms with Gasteiger partial charge in [-0.2, -0.15) is 0 Å². The number of hydrogen-bond donors (Lipinski definition) is 2. The van der Waals surface area contributed by atoms with E-state index in [9.17, 15) is 9.59 Å². The summed E-state index contributed by atoms with van der Waals surface area (Å²) in [7, 11) is 0. The van der Waals surface area contributed by atoms with E-state index in [-0.39, 0.29) is 11.8 Å². The van der Waals surface area contributed by atoms with E-state index in [1.54, 1.807) is 30.3 Å². The third-order valence-corrected chi connectivity index (χ3v) is 5.50. The lowest BCUT2D eigenvalue weighted by Gasteiger charge is -2.46. The molecule has 2 amide bonds. The van der Waals surface area contributed by atoms with Crippen LogP contribution in [0, 0.1) is 0 Å². The molecule has 2 aromatic rings. The zero-order valence-corrected chi connectivity index (χ0v) is 16.4. The molecule has 0 atom stereocenters. The van der Waals surface area contributed by atoms with E-state index >= 15 is 0 Å². The first kappa shape index (κ1) is 18.6. The van der Waals surface area contributed by atoms with Gasteiger partial charge in [-0.05, 0) is 49.4 Å². The number of hydrogen-bond acceptors (Lipinski definition) is 4. The number of nitrogens with zero attached hydrogens (tertiary/aromatic N) is 1. The number of benzene rings is 2. The Morgan fingerprint density at radius 2 is 1.86 bits per heavy atom. The predicted octanol–water partition coefficient (Wildman–Crippen LogP) is 3.53. The molecule has 1 saturated heterocycles. The zero-order valence-electron chi connectivity index (χ0n) is 15.6. The average molecular weight is 400 g/mol. The van der Waals surface area contributed by atoms with Gasteiger partial charge in [0.2, 0.25) is 0 Å². The molecule has 7 heteroatoms. The number of fused-ring (bicyclic) bond motifs is 1. The number of carbonyl (C=O) groups excluding carboxylic acids is 2. The maximum atomic E-state index is 12.8. The van der Waals surface area contributed by atoms with Gasteiger partial charge in [-0.25, -0.2) is 0 Å². The van der Waals surface area contributed by atoms with Gasteiger partial charge in [-0.1, -0.05) is 11.6 Å². The molecule has 0 aromatic heterocycles. The third-order valence-electron chi connectivity index (χ3n) is 5.27. The Bertz CT molecular complexity index is 906. The van der Waals surface area contributed by atoms with Gasteiger partial charge >= 0.3 is 0 Å². The molecule has 2 aromatic carbocycles. The molecule has 2 aliphatic heterocycles. The van der Waals surface area contributed by atoms with Crippen LogP contribution >= 0.6 is 11.6 Å². The number of rotatable bonds is 3. The van der Waals surface area contributed by atoms with E-state index in [1.165, 1.54) is 0 Å². The number of halogens is 1. The quantitative estimate of drug-likeness (QED) is 0.828. The van der Waals surface area contributed by atoms with Gasteiger partial charge in [0.1, 0.15) is 11.4 Å². The number of ether oxygens (including phenoxy) is 1. The van der Waals surface area contributed by atoms with Crippen molar-refractivity contribution in [1.29, 1.82) is 0 Å². The Hall–Kier alpha value is -2.73. The first-order valence-electron chi connectivity index (χ1n) is 9.42. The lowest BCUT2D eigenvalue weighted by molar-refractivity contribution is 0.0639. The van der Waals surface area contributed by atoms with E-state index in [2.05, 4.69) is 10.6 Å². The first-order chi connectivity index (χ1) is 13.5. The zero-order chi connectivity index (χ0) is 19.7. The monoisotopic (exact) mass is 399 g/mol. The molecular formula is C21H22ClN3O3. The lowest BCUT2D eigenvalue weighted by Crippen LogP contribution is -2.62. The number of carbonyl (C=O) groups is 2. The maximum absolute atomic E-state index is 12.8. The first-order valence-corrected chi connectivity index (χ1v) is 9.80. The molecule has 6 nitrogen and oxygen atoms in total. The summed E-state index contributed by atoms with van der Waals surface area (Å²) in [6.45, 7) is 3.62. The van der Waals surface area contributed by atoms with Gasteiger partial charge < -0.3 is 20.3 Å². The fraction of sp³-hybridized carbons (Fsp3) is 0.333. The normalized spacial score (nSPS) is 17.5. The molecule has 28 heavy (non-hydrogen) atoms. The Morgan fingerprint density at radius 1 is 1.14 bits per heavy atom. The minimum Gasteiger partial charge on any atom is -0.494 e. The SMILES string of the molecule is CCOc1ccc(C(=O)N2CCC3(CC2)NC(=O)c2ccc(Cl)cc2N3)cc1. The molecule has 2 heterocycles. The van der Waals surface area contributed by atoms with Crippen LogP contribution in [-0.4, -0.2) is 42.1 Å². The summed E-state index contributed by atoms with van der Waals surface area (Å²) in [5.41, 5.74) is 1.41. The van der Waals surface area contributed by atoms with Crippen molar-refractivity contribution in [2.75, 3.05) is 25.0 Å². The van der Waals surface area contributed by atoms with E-state index in [0.717, 1.165) is 11.4 Å².